The summed E-state index contributed by atoms with van der Waals surface area (Å²) in [5, 5.41) is -0.427. The van der Waals surface area contributed by atoms with Crippen LogP contribution in [0.2, 0.25) is 5.02 Å². The van der Waals surface area contributed by atoms with E-state index in [2.05, 4.69) is 4.74 Å². The summed E-state index contributed by atoms with van der Waals surface area (Å²) in [6.45, 7) is 0. The molecule has 0 bridgehead atoms. The number of nitrogen functional groups attached to an aromatic ring is 1. The maximum absolute atomic E-state index is 12.5. The lowest BCUT2D eigenvalue weighted by Crippen LogP contribution is -2.10. The molecule has 6 heteroatoms. The summed E-state index contributed by atoms with van der Waals surface area (Å²) in [5.74, 6) is -0.440. The second-order valence-corrected chi connectivity index (χ2v) is 2.95. The van der Waals surface area contributed by atoms with Gasteiger partial charge < -0.3 is 10.5 Å². The number of benzene rings is 1. The first kappa shape index (κ1) is 11.0. The van der Waals surface area contributed by atoms with E-state index in [9.17, 15) is 13.2 Å². The normalized spacial score (nSPS) is 11.5. The summed E-state index contributed by atoms with van der Waals surface area (Å²) in [7, 11) is 1.11. The molecule has 14 heavy (non-hydrogen) atoms. The van der Waals surface area contributed by atoms with Gasteiger partial charge in [-0.15, -0.1) is 0 Å². The zero-order chi connectivity index (χ0) is 10.9. The molecule has 78 valence electrons. The molecule has 0 aliphatic carbocycles. The van der Waals surface area contributed by atoms with Gasteiger partial charge in [0.05, 0.1) is 17.8 Å². The summed E-state index contributed by atoms with van der Waals surface area (Å²) in [6.07, 6.45) is -4.57. The number of nitrogens with two attached hydrogens (primary N) is 1. The second kappa shape index (κ2) is 3.57. The second-order valence-electron chi connectivity index (χ2n) is 2.54. The Balaban J connectivity index is 3.46. The number of anilines is 1. The van der Waals surface area contributed by atoms with Crippen molar-refractivity contribution in [3.05, 3.63) is 22.7 Å². The Hall–Kier alpha value is -1.10. The number of halogens is 4. The van der Waals surface area contributed by atoms with Crippen molar-refractivity contribution >= 4 is 17.3 Å². The molecule has 0 spiro atoms. The van der Waals surface area contributed by atoms with Crippen LogP contribution in [0, 0.1) is 0 Å². The first-order valence-corrected chi connectivity index (χ1v) is 3.95. The van der Waals surface area contributed by atoms with Crippen LogP contribution in [0.3, 0.4) is 0 Å². The summed E-state index contributed by atoms with van der Waals surface area (Å²) in [5.41, 5.74) is 4.18. The zero-order valence-electron chi connectivity index (χ0n) is 7.15. The molecule has 0 saturated heterocycles. The van der Waals surface area contributed by atoms with Crippen molar-refractivity contribution < 1.29 is 17.9 Å². The van der Waals surface area contributed by atoms with E-state index >= 15 is 0 Å². The summed E-state index contributed by atoms with van der Waals surface area (Å²) < 4.78 is 41.9. The first-order chi connectivity index (χ1) is 6.38. The molecular formula is C8H7ClF3NO. The number of alkyl halides is 3. The van der Waals surface area contributed by atoms with Crippen molar-refractivity contribution in [3.8, 4) is 5.75 Å². The van der Waals surface area contributed by atoms with E-state index in [-0.39, 0.29) is 5.69 Å². The number of methoxy groups -OCH3 is 1. The third kappa shape index (κ3) is 1.87. The Labute approximate surface area is 83.4 Å². The lowest BCUT2D eigenvalue weighted by atomic mass is 10.1. The molecule has 0 unspecified atom stereocenters. The molecule has 0 aliphatic rings. The van der Waals surface area contributed by atoms with Crippen molar-refractivity contribution in [2.75, 3.05) is 12.8 Å². The Kier molecular flexibility index (Phi) is 2.80. The molecule has 1 aromatic rings. The van der Waals surface area contributed by atoms with Crippen LogP contribution < -0.4 is 10.5 Å². The van der Waals surface area contributed by atoms with Crippen molar-refractivity contribution in [2.24, 2.45) is 0 Å². The van der Waals surface area contributed by atoms with Gasteiger partial charge in [-0.3, -0.25) is 0 Å². The standard InChI is InChI=1S/C8H7ClF3NO/c1-14-7-5(13)3-2-4(9)6(7)8(10,11)12/h2-3H,13H2,1H3. The van der Waals surface area contributed by atoms with Gasteiger partial charge in [-0.05, 0) is 12.1 Å². The van der Waals surface area contributed by atoms with Gasteiger partial charge in [0, 0.05) is 0 Å². The van der Waals surface area contributed by atoms with Gasteiger partial charge in [0.1, 0.15) is 5.56 Å². The van der Waals surface area contributed by atoms with Gasteiger partial charge in [-0.1, -0.05) is 11.6 Å². The minimum atomic E-state index is -4.57. The van der Waals surface area contributed by atoms with E-state index in [0.717, 1.165) is 13.2 Å². The summed E-state index contributed by atoms with van der Waals surface area (Å²) in [4.78, 5) is 0. The number of hydrogen-bond donors (Lipinski definition) is 1. The molecule has 1 aromatic carbocycles. The van der Waals surface area contributed by atoms with Crippen LogP contribution in [0.25, 0.3) is 0 Å². The van der Waals surface area contributed by atoms with Crippen LogP contribution in [-0.4, -0.2) is 7.11 Å². The van der Waals surface area contributed by atoms with Gasteiger partial charge in [0.15, 0.2) is 5.75 Å². The highest BCUT2D eigenvalue weighted by Gasteiger charge is 2.37. The quantitative estimate of drug-likeness (QED) is 0.746. The molecule has 0 heterocycles. The van der Waals surface area contributed by atoms with Crippen LogP contribution >= 0.6 is 11.6 Å². The van der Waals surface area contributed by atoms with Gasteiger partial charge in [-0.2, -0.15) is 13.2 Å². The Morgan fingerprint density at radius 3 is 2.29 bits per heavy atom. The molecule has 0 amide bonds. The maximum atomic E-state index is 12.5. The maximum Gasteiger partial charge on any atom is 0.421 e. The predicted molar refractivity (Wildman–Crippen MR) is 47.4 cm³/mol. The molecule has 2 N–H and O–H groups in total. The topological polar surface area (TPSA) is 35.2 Å². The average molecular weight is 226 g/mol. The average Bonchev–Trinajstić information content (AvgIpc) is 2.06. The third-order valence-electron chi connectivity index (χ3n) is 1.62. The van der Waals surface area contributed by atoms with Crippen LogP contribution in [0.4, 0.5) is 18.9 Å². The largest absolute Gasteiger partial charge is 0.494 e. The minimum Gasteiger partial charge on any atom is -0.494 e. The van der Waals surface area contributed by atoms with Crippen molar-refractivity contribution in [3.63, 3.8) is 0 Å². The molecular weight excluding hydrogens is 219 g/mol. The molecule has 0 saturated carbocycles. The fraction of sp³-hybridized carbons (Fsp3) is 0.250. The number of hydrogen-bond acceptors (Lipinski definition) is 2. The SMILES string of the molecule is COc1c(N)ccc(Cl)c1C(F)(F)F. The lowest BCUT2D eigenvalue weighted by Gasteiger charge is -2.14. The number of ether oxygens (including phenoxy) is 1. The fourth-order valence-corrected chi connectivity index (χ4v) is 1.31. The highest BCUT2D eigenvalue weighted by Crippen LogP contribution is 2.43. The minimum absolute atomic E-state index is 0.0933. The molecule has 2 nitrogen and oxygen atoms in total. The van der Waals surface area contributed by atoms with Gasteiger partial charge in [0.2, 0.25) is 0 Å². The summed E-state index contributed by atoms with van der Waals surface area (Å²) >= 11 is 5.41. The fourth-order valence-electron chi connectivity index (χ4n) is 1.06. The van der Waals surface area contributed by atoms with Crippen LogP contribution in [0.1, 0.15) is 5.56 Å². The van der Waals surface area contributed by atoms with Crippen molar-refractivity contribution in [1.82, 2.24) is 0 Å². The summed E-state index contributed by atoms with van der Waals surface area (Å²) in [6, 6.07) is 2.35. The molecule has 0 radical (unpaired) electrons. The lowest BCUT2D eigenvalue weighted by molar-refractivity contribution is -0.138. The van der Waals surface area contributed by atoms with Crippen LogP contribution in [-0.2, 0) is 6.18 Å². The highest BCUT2D eigenvalue weighted by atomic mass is 35.5. The monoisotopic (exact) mass is 225 g/mol. The predicted octanol–water partition coefficient (Wildman–Crippen LogP) is 2.95. The Morgan fingerprint density at radius 1 is 1.36 bits per heavy atom. The molecule has 0 atom stereocenters. The molecule has 1 rings (SSSR count). The molecule has 0 aromatic heterocycles. The van der Waals surface area contributed by atoms with E-state index in [1.54, 1.807) is 0 Å². The van der Waals surface area contributed by atoms with E-state index in [1.165, 1.54) is 6.07 Å². The first-order valence-electron chi connectivity index (χ1n) is 3.57. The van der Waals surface area contributed by atoms with E-state index in [1.807, 2.05) is 0 Å². The highest BCUT2D eigenvalue weighted by molar-refractivity contribution is 6.31. The molecule has 0 aliphatic heterocycles. The smallest absolute Gasteiger partial charge is 0.421 e. The Morgan fingerprint density at radius 2 is 1.93 bits per heavy atom. The third-order valence-corrected chi connectivity index (χ3v) is 1.94. The zero-order valence-corrected chi connectivity index (χ0v) is 7.91. The number of rotatable bonds is 1. The van der Waals surface area contributed by atoms with E-state index in [4.69, 9.17) is 17.3 Å². The van der Waals surface area contributed by atoms with Crippen molar-refractivity contribution in [2.45, 2.75) is 6.18 Å². The Bertz CT molecular complexity index is 351. The molecule has 0 fully saturated rings. The van der Waals surface area contributed by atoms with Crippen LogP contribution in [0.15, 0.2) is 12.1 Å². The van der Waals surface area contributed by atoms with Gasteiger partial charge in [-0.25, -0.2) is 0 Å². The van der Waals surface area contributed by atoms with Crippen LogP contribution in [0.5, 0.6) is 5.75 Å². The van der Waals surface area contributed by atoms with Crippen molar-refractivity contribution in [1.29, 1.82) is 0 Å². The van der Waals surface area contributed by atoms with Gasteiger partial charge in [0.25, 0.3) is 0 Å². The van der Waals surface area contributed by atoms with E-state index in [0.29, 0.717) is 0 Å². The van der Waals surface area contributed by atoms with E-state index < -0.39 is 22.5 Å². The van der Waals surface area contributed by atoms with Gasteiger partial charge >= 0.3 is 6.18 Å².